The first-order valence-electron chi connectivity index (χ1n) is 9.13. The number of hydrogen-bond donors (Lipinski definition) is 1. The summed E-state index contributed by atoms with van der Waals surface area (Å²) in [5.74, 6) is 0.693. The molecule has 26 heavy (non-hydrogen) atoms. The van der Waals surface area contributed by atoms with E-state index in [1.54, 1.807) is 7.05 Å². The maximum Gasteiger partial charge on any atom is 0.267 e. The molecule has 1 aromatic carbocycles. The van der Waals surface area contributed by atoms with Crippen molar-refractivity contribution in [3.8, 4) is 0 Å². The van der Waals surface area contributed by atoms with Crippen LogP contribution in [0.3, 0.4) is 0 Å². The molecule has 1 N–H and O–H groups in total. The van der Waals surface area contributed by atoms with Crippen LogP contribution in [-0.4, -0.2) is 34.0 Å². The number of fused-ring (bicyclic) bond motifs is 1. The average molecular weight is 352 g/mol. The molecule has 136 valence electrons. The Balaban J connectivity index is 1.60. The Bertz CT molecular complexity index is 894. The molecule has 1 saturated heterocycles. The topological polar surface area (TPSA) is 63.3 Å². The first kappa shape index (κ1) is 16.8. The van der Waals surface area contributed by atoms with Gasteiger partial charge in [-0.2, -0.15) is 0 Å². The van der Waals surface area contributed by atoms with Gasteiger partial charge in [-0.25, -0.2) is 4.98 Å². The zero-order chi connectivity index (χ0) is 18.1. The van der Waals surface area contributed by atoms with Gasteiger partial charge in [-0.3, -0.25) is 9.69 Å². The molecule has 1 unspecified atom stereocenters. The van der Waals surface area contributed by atoms with E-state index in [0.717, 1.165) is 30.0 Å². The molecule has 6 heteroatoms. The predicted octanol–water partition coefficient (Wildman–Crippen LogP) is 3.25. The van der Waals surface area contributed by atoms with E-state index in [1.165, 1.54) is 18.5 Å². The number of para-hydroxylation sites is 2. The molecule has 6 nitrogen and oxygen atoms in total. The van der Waals surface area contributed by atoms with Gasteiger partial charge in [0.25, 0.3) is 5.91 Å². The SMILES string of the molecule is CNC(=O)c1ccc(C2CCCCN2Cc2nc3ccccc3o2)n1C. The number of piperidine rings is 1. The molecule has 0 radical (unpaired) electrons. The van der Waals surface area contributed by atoms with Crippen molar-refractivity contribution in [1.29, 1.82) is 0 Å². The molecule has 0 saturated carbocycles. The lowest BCUT2D eigenvalue weighted by atomic mass is 9.99. The summed E-state index contributed by atoms with van der Waals surface area (Å²) in [6.07, 6.45) is 3.43. The van der Waals surface area contributed by atoms with Crippen molar-refractivity contribution in [2.75, 3.05) is 13.6 Å². The number of carbonyl (C=O) groups is 1. The van der Waals surface area contributed by atoms with Crippen LogP contribution in [0, 0.1) is 0 Å². The number of hydrogen-bond acceptors (Lipinski definition) is 4. The normalized spacial score (nSPS) is 18.3. The maximum atomic E-state index is 12.0. The van der Waals surface area contributed by atoms with E-state index in [0.29, 0.717) is 12.2 Å². The third-order valence-corrected chi connectivity index (χ3v) is 5.25. The van der Waals surface area contributed by atoms with Crippen LogP contribution in [0.25, 0.3) is 11.1 Å². The summed E-state index contributed by atoms with van der Waals surface area (Å²) in [5, 5.41) is 2.71. The zero-order valence-corrected chi connectivity index (χ0v) is 15.2. The number of rotatable bonds is 4. The van der Waals surface area contributed by atoms with E-state index < -0.39 is 0 Å². The standard InChI is InChI=1S/C20H24N4O2/c1-21-20(25)17-11-10-15(23(17)2)16-8-5-6-12-24(16)13-19-22-14-7-3-4-9-18(14)26-19/h3-4,7,9-11,16H,5-6,8,12-13H2,1-2H3,(H,21,25). The van der Waals surface area contributed by atoms with Gasteiger partial charge in [-0.05, 0) is 43.7 Å². The van der Waals surface area contributed by atoms with Crippen molar-refractivity contribution < 1.29 is 9.21 Å². The minimum atomic E-state index is -0.0555. The van der Waals surface area contributed by atoms with Crippen LogP contribution in [0.2, 0.25) is 0 Å². The van der Waals surface area contributed by atoms with Crippen molar-refractivity contribution >= 4 is 17.0 Å². The molecule has 1 aliphatic rings. The fourth-order valence-corrected chi connectivity index (χ4v) is 3.89. The number of carbonyl (C=O) groups excluding carboxylic acids is 1. The number of likely N-dealkylation sites (tertiary alicyclic amines) is 1. The van der Waals surface area contributed by atoms with Crippen molar-refractivity contribution in [1.82, 2.24) is 19.8 Å². The van der Waals surface area contributed by atoms with Crippen LogP contribution in [0.5, 0.6) is 0 Å². The molecule has 2 aromatic heterocycles. The minimum Gasteiger partial charge on any atom is -0.439 e. The minimum absolute atomic E-state index is 0.0555. The summed E-state index contributed by atoms with van der Waals surface area (Å²) in [7, 11) is 3.63. The Hall–Kier alpha value is -2.60. The highest BCUT2D eigenvalue weighted by atomic mass is 16.3. The summed E-state index contributed by atoms with van der Waals surface area (Å²) in [4.78, 5) is 19.1. The van der Waals surface area contributed by atoms with Gasteiger partial charge in [0.15, 0.2) is 5.58 Å². The van der Waals surface area contributed by atoms with E-state index in [4.69, 9.17) is 4.42 Å². The van der Waals surface area contributed by atoms with Crippen molar-refractivity contribution in [2.24, 2.45) is 7.05 Å². The van der Waals surface area contributed by atoms with Gasteiger partial charge in [0, 0.05) is 19.8 Å². The maximum absolute atomic E-state index is 12.0. The smallest absolute Gasteiger partial charge is 0.267 e. The summed E-state index contributed by atoms with van der Waals surface area (Å²) in [6, 6.07) is 12.1. The largest absolute Gasteiger partial charge is 0.439 e. The molecule has 1 fully saturated rings. The highest BCUT2D eigenvalue weighted by Gasteiger charge is 2.28. The van der Waals surface area contributed by atoms with Gasteiger partial charge in [-0.15, -0.1) is 0 Å². The molecule has 0 aliphatic carbocycles. The molecule has 1 aliphatic heterocycles. The Morgan fingerprint density at radius 3 is 2.92 bits per heavy atom. The highest BCUT2D eigenvalue weighted by molar-refractivity contribution is 5.92. The van der Waals surface area contributed by atoms with Crippen LogP contribution in [-0.2, 0) is 13.6 Å². The summed E-state index contributed by atoms with van der Waals surface area (Å²) < 4.78 is 7.93. The monoisotopic (exact) mass is 352 g/mol. The number of benzene rings is 1. The fourth-order valence-electron chi connectivity index (χ4n) is 3.89. The summed E-state index contributed by atoms with van der Waals surface area (Å²) >= 11 is 0. The van der Waals surface area contributed by atoms with E-state index in [1.807, 2.05) is 41.9 Å². The summed E-state index contributed by atoms with van der Waals surface area (Å²) in [6.45, 7) is 1.68. The lowest BCUT2D eigenvalue weighted by Crippen LogP contribution is -2.34. The lowest BCUT2D eigenvalue weighted by Gasteiger charge is -2.35. The van der Waals surface area contributed by atoms with Crippen LogP contribution >= 0.6 is 0 Å². The number of nitrogens with zero attached hydrogens (tertiary/aromatic N) is 3. The molecule has 1 atom stereocenters. The Labute approximate surface area is 152 Å². The second-order valence-corrected chi connectivity index (χ2v) is 6.84. The quantitative estimate of drug-likeness (QED) is 0.783. The second-order valence-electron chi connectivity index (χ2n) is 6.84. The third kappa shape index (κ3) is 3.01. The highest BCUT2D eigenvalue weighted by Crippen LogP contribution is 2.33. The molecular formula is C20H24N4O2. The molecule has 0 bridgehead atoms. The van der Waals surface area contributed by atoms with Crippen molar-refractivity contribution in [2.45, 2.75) is 31.8 Å². The van der Waals surface area contributed by atoms with Gasteiger partial charge in [0.1, 0.15) is 11.2 Å². The van der Waals surface area contributed by atoms with Crippen LogP contribution in [0.4, 0.5) is 0 Å². The molecule has 4 rings (SSSR count). The van der Waals surface area contributed by atoms with Crippen molar-refractivity contribution in [3.05, 3.63) is 53.7 Å². The van der Waals surface area contributed by atoms with Crippen LogP contribution in [0.15, 0.2) is 40.8 Å². The number of amides is 1. The molecule has 3 aromatic rings. The zero-order valence-electron chi connectivity index (χ0n) is 15.2. The molecule has 1 amide bonds. The number of aromatic nitrogens is 2. The van der Waals surface area contributed by atoms with E-state index in [-0.39, 0.29) is 11.9 Å². The van der Waals surface area contributed by atoms with E-state index in [2.05, 4.69) is 21.3 Å². The first-order chi connectivity index (χ1) is 12.7. The van der Waals surface area contributed by atoms with Crippen molar-refractivity contribution in [3.63, 3.8) is 0 Å². The third-order valence-electron chi connectivity index (χ3n) is 5.25. The Morgan fingerprint density at radius 1 is 1.27 bits per heavy atom. The average Bonchev–Trinajstić information content (AvgIpc) is 3.24. The van der Waals surface area contributed by atoms with Gasteiger partial charge in [0.05, 0.1) is 12.6 Å². The first-order valence-corrected chi connectivity index (χ1v) is 9.13. The van der Waals surface area contributed by atoms with Crippen LogP contribution in [0.1, 0.15) is 47.4 Å². The number of oxazole rings is 1. The Morgan fingerprint density at radius 2 is 2.12 bits per heavy atom. The van der Waals surface area contributed by atoms with Gasteiger partial charge in [0.2, 0.25) is 5.89 Å². The number of nitrogens with one attached hydrogen (secondary N) is 1. The Kier molecular flexibility index (Phi) is 4.51. The van der Waals surface area contributed by atoms with Gasteiger partial charge >= 0.3 is 0 Å². The summed E-state index contributed by atoms with van der Waals surface area (Å²) in [5.41, 5.74) is 3.59. The fraction of sp³-hybridized carbons (Fsp3) is 0.400. The predicted molar refractivity (Wildman–Crippen MR) is 99.8 cm³/mol. The van der Waals surface area contributed by atoms with E-state index >= 15 is 0 Å². The second kappa shape index (κ2) is 6.96. The van der Waals surface area contributed by atoms with E-state index in [9.17, 15) is 4.79 Å². The lowest BCUT2D eigenvalue weighted by molar-refractivity contribution is 0.0951. The van der Waals surface area contributed by atoms with Gasteiger partial charge < -0.3 is 14.3 Å². The van der Waals surface area contributed by atoms with Gasteiger partial charge in [-0.1, -0.05) is 18.6 Å². The molecule has 3 heterocycles. The molecule has 0 spiro atoms. The molecular weight excluding hydrogens is 328 g/mol. The van der Waals surface area contributed by atoms with Crippen LogP contribution < -0.4 is 5.32 Å².